The number of aromatic carboxylic acids is 1. The van der Waals surface area contributed by atoms with Gasteiger partial charge in [-0.2, -0.15) is 5.10 Å². The number of morpholine rings is 1. The Morgan fingerprint density at radius 1 is 1.72 bits per heavy atom. The zero-order valence-electron chi connectivity index (χ0n) is 10.2. The second kappa shape index (κ2) is 5.74. The molecule has 0 radical (unpaired) electrons. The second-order valence-corrected chi connectivity index (χ2v) is 4.23. The van der Waals surface area contributed by atoms with Crippen molar-refractivity contribution in [3.05, 3.63) is 17.8 Å². The van der Waals surface area contributed by atoms with Crippen LogP contribution in [0.15, 0.2) is 12.3 Å². The minimum absolute atomic E-state index is 0.0346. The summed E-state index contributed by atoms with van der Waals surface area (Å²) < 4.78 is 5.57. The molecule has 1 saturated heterocycles. The summed E-state index contributed by atoms with van der Waals surface area (Å²) >= 11 is 0. The largest absolute Gasteiger partial charge is 0.478 e. The third-order valence-corrected chi connectivity index (χ3v) is 2.79. The molecule has 1 unspecified atom stereocenters. The summed E-state index contributed by atoms with van der Waals surface area (Å²) in [7, 11) is 2.03. The Kier molecular flexibility index (Phi) is 4.06. The minimum Gasteiger partial charge on any atom is -0.478 e. The average molecular weight is 252 g/mol. The second-order valence-electron chi connectivity index (χ2n) is 4.23. The summed E-state index contributed by atoms with van der Waals surface area (Å²) in [5, 5.41) is 19.4. The smallest absolute Gasteiger partial charge is 0.339 e. The molecule has 98 valence electrons. The maximum absolute atomic E-state index is 11.0. The SMILES string of the molecule is CN1CCOC(CNc2nnccc2C(=O)O)C1. The van der Waals surface area contributed by atoms with Gasteiger partial charge in [-0.05, 0) is 13.1 Å². The van der Waals surface area contributed by atoms with Gasteiger partial charge in [0.1, 0.15) is 5.56 Å². The summed E-state index contributed by atoms with van der Waals surface area (Å²) in [5.41, 5.74) is 0.120. The van der Waals surface area contributed by atoms with Crippen LogP contribution >= 0.6 is 0 Å². The molecular formula is C11H16N4O3. The van der Waals surface area contributed by atoms with Crippen molar-refractivity contribution in [2.24, 2.45) is 0 Å². The fourth-order valence-electron chi connectivity index (χ4n) is 1.84. The molecule has 1 aromatic rings. The fourth-order valence-corrected chi connectivity index (χ4v) is 1.84. The number of ether oxygens (including phenoxy) is 1. The number of nitrogens with zero attached hydrogens (tertiary/aromatic N) is 3. The lowest BCUT2D eigenvalue weighted by Crippen LogP contribution is -2.43. The van der Waals surface area contributed by atoms with Crippen molar-refractivity contribution >= 4 is 11.8 Å². The molecular weight excluding hydrogens is 236 g/mol. The van der Waals surface area contributed by atoms with Gasteiger partial charge < -0.3 is 20.1 Å². The summed E-state index contributed by atoms with van der Waals surface area (Å²) in [6.07, 6.45) is 1.40. The van der Waals surface area contributed by atoms with Crippen LogP contribution in [-0.2, 0) is 4.74 Å². The number of carboxylic acids is 1. The van der Waals surface area contributed by atoms with Crippen molar-refractivity contribution in [3.8, 4) is 0 Å². The molecule has 0 saturated carbocycles. The maximum Gasteiger partial charge on any atom is 0.339 e. The van der Waals surface area contributed by atoms with Crippen molar-refractivity contribution < 1.29 is 14.6 Å². The number of likely N-dealkylation sites (N-methyl/N-ethyl adjacent to an activating group) is 1. The quantitative estimate of drug-likeness (QED) is 0.774. The van der Waals surface area contributed by atoms with E-state index in [0.717, 1.165) is 13.1 Å². The first-order valence-electron chi connectivity index (χ1n) is 5.76. The highest BCUT2D eigenvalue weighted by Gasteiger charge is 2.19. The lowest BCUT2D eigenvalue weighted by molar-refractivity contribution is -0.0117. The summed E-state index contributed by atoms with van der Waals surface area (Å²) in [6, 6.07) is 1.42. The Bertz CT molecular complexity index is 427. The number of carboxylic acid groups (broad SMARTS) is 1. The van der Waals surface area contributed by atoms with Crippen LogP contribution in [0.25, 0.3) is 0 Å². The lowest BCUT2D eigenvalue weighted by atomic mass is 10.2. The van der Waals surface area contributed by atoms with Gasteiger partial charge in [-0.15, -0.1) is 5.10 Å². The van der Waals surface area contributed by atoms with Crippen molar-refractivity contribution in [1.82, 2.24) is 15.1 Å². The fraction of sp³-hybridized carbons (Fsp3) is 0.545. The molecule has 0 amide bonds. The van der Waals surface area contributed by atoms with Crippen LogP contribution in [0.3, 0.4) is 0 Å². The van der Waals surface area contributed by atoms with E-state index in [0.29, 0.717) is 13.2 Å². The Labute approximate surface area is 105 Å². The van der Waals surface area contributed by atoms with E-state index in [1.54, 1.807) is 0 Å². The molecule has 2 N–H and O–H groups in total. The monoisotopic (exact) mass is 252 g/mol. The van der Waals surface area contributed by atoms with Gasteiger partial charge in [0.2, 0.25) is 0 Å². The molecule has 18 heavy (non-hydrogen) atoms. The van der Waals surface area contributed by atoms with Gasteiger partial charge in [0.25, 0.3) is 0 Å². The van der Waals surface area contributed by atoms with Gasteiger partial charge in [-0.3, -0.25) is 0 Å². The number of anilines is 1. The standard InChI is InChI=1S/C11H16N4O3/c1-15-4-5-18-8(7-15)6-12-10-9(11(16)17)2-3-13-14-10/h2-3,8H,4-7H2,1H3,(H,12,14)(H,16,17). The van der Waals surface area contributed by atoms with Gasteiger partial charge in [-0.1, -0.05) is 0 Å². The van der Waals surface area contributed by atoms with E-state index < -0.39 is 5.97 Å². The van der Waals surface area contributed by atoms with Crippen molar-refractivity contribution in [3.63, 3.8) is 0 Å². The Morgan fingerprint density at radius 2 is 2.56 bits per heavy atom. The van der Waals surface area contributed by atoms with E-state index in [9.17, 15) is 4.79 Å². The molecule has 0 bridgehead atoms. The molecule has 1 aliphatic heterocycles. The highest BCUT2D eigenvalue weighted by molar-refractivity contribution is 5.92. The molecule has 0 aliphatic carbocycles. The highest BCUT2D eigenvalue weighted by atomic mass is 16.5. The van der Waals surface area contributed by atoms with E-state index in [-0.39, 0.29) is 17.5 Å². The van der Waals surface area contributed by atoms with E-state index >= 15 is 0 Å². The van der Waals surface area contributed by atoms with E-state index in [4.69, 9.17) is 9.84 Å². The number of carbonyl (C=O) groups is 1. The van der Waals surface area contributed by atoms with Crippen molar-refractivity contribution in [2.45, 2.75) is 6.10 Å². The van der Waals surface area contributed by atoms with Gasteiger partial charge >= 0.3 is 5.97 Å². The first-order chi connectivity index (χ1) is 8.66. The molecule has 1 aromatic heterocycles. The number of nitrogens with one attached hydrogen (secondary N) is 1. The maximum atomic E-state index is 11.0. The molecule has 2 rings (SSSR count). The molecule has 1 aliphatic rings. The number of hydrogen-bond acceptors (Lipinski definition) is 6. The summed E-state index contributed by atoms with van der Waals surface area (Å²) in [6.45, 7) is 2.94. The van der Waals surface area contributed by atoms with Crippen LogP contribution < -0.4 is 5.32 Å². The number of rotatable bonds is 4. The predicted octanol–water partition coefficient (Wildman–Crippen LogP) is -0.0827. The van der Waals surface area contributed by atoms with Crippen LogP contribution in [0, 0.1) is 0 Å². The molecule has 2 heterocycles. The molecule has 0 spiro atoms. The first-order valence-corrected chi connectivity index (χ1v) is 5.76. The van der Waals surface area contributed by atoms with Crippen LogP contribution in [0.2, 0.25) is 0 Å². The van der Waals surface area contributed by atoms with Gasteiger partial charge in [-0.25, -0.2) is 4.79 Å². The third kappa shape index (κ3) is 3.14. The van der Waals surface area contributed by atoms with Gasteiger partial charge in [0, 0.05) is 19.6 Å². The minimum atomic E-state index is -1.02. The van der Waals surface area contributed by atoms with E-state index in [2.05, 4.69) is 20.4 Å². The van der Waals surface area contributed by atoms with Crippen LogP contribution in [0.5, 0.6) is 0 Å². The van der Waals surface area contributed by atoms with Crippen LogP contribution in [0.1, 0.15) is 10.4 Å². The zero-order valence-corrected chi connectivity index (χ0v) is 10.2. The third-order valence-electron chi connectivity index (χ3n) is 2.79. The molecule has 0 aromatic carbocycles. The number of hydrogen-bond donors (Lipinski definition) is 2. The molecule has 7 nitrogen and oxygen atoms in total. The highest BCUT2D eigenvalue weighted by Crippen LogP contribution is 2.11. The van der Waals surface area contributed by atoms with E-state index in [1.807, 2.05) is 7.05 Å². The predicted molar refractivity (Wildman–Crippen MR) is 64.7 cm³/mol. The molecule has 1 atom stereocenters. The van der Waals surface area contributed by atoms with Crippen molar-refractivity contribution in [1.29, 1.82) is 0 Å². The summed E-state index contributed by atoms with van der Waals surface area (Å²) in [4.78, 5) is 13.1. The molecule has 7 heteroatoms. The Morgan fingerprint density at radius 3 is 3.28 bits per heavy atom. The van der Waals surface area contributed by atoms with Crippen LogP contribution in [0.4, 0.5) is 5.82 Å². The van der Waals surface area contributed by atoms with Gasteiger partial charge in [0.15, 0.2) is 5.82 Å². The molecule has 1 fully saturated rings. The van der Waals surface area contributed by atoms with E-state index in [1.165, 1.54) is 12.3 Å². The average Bonchev–Trinajstić information content (AvgIpc) is 2.37. The summed E-state index contributed by atoms with van der Waals surface area (Å²) in [5.74, 6) is -0.740. The van der Waals surface area contributed by atoms with Crippen LogP contribution in [-0.4, -0.2) is 65.6 Å². The Balaban J connectivity index is 1.95. The zero-order chi connectivity index (χ0) is 13.0. The topological polar surface area (TPSA) is 87.6 Å². The normalized spacial score (nSPS) is 20.6. The number of aromatic nitrogens is 2. The lowest BCUT2D eigenvalue weighted by Gasteiger charge is -2.30. The van der Waals surface area contributed by atoms with Crippen molar-refractivity contribution in [2.75, 3.05) is 38.6 Å². The van der Waals surface area contributed by atoms with Gasteiger partial charge in [0.05, 0.1) is 18.9 Å². The Hall–Kier alpha value is -1.73. The first kappa shape index (κ1) is 12.7.